The molecular formula is C7H6F3N5. The molecule has 8 heteroatoms. The number of fused-ring (bicyclic) bond motifs is 1. The molecule has 2 heterocycles. The lowest BCUT2D eigenvalue weighted by Crippen LogP contribution is -2.50. The largest absolute Gasteiger partial charge is 0.451 e. The first-order valence-corrected chi connectivity index (χ1v) is 3.96. The summed E-state index contributed by atoms with van der Waals surface area (Å²) in [5.74, 6) is -1.40. The van der Waals surface area contributed by atoms with E-state index in [0.29, 0.717) is 0 Å². The molecule has 80 valence electrons. The van der Waals surface area contributed by atoms with Crippen LogP contribution in [0, 0.1) is 0 Å². The van der Waals surface area contributed by atoms with Crippen molar-refractivity contribution in [1.82, 2.24) is 0 Å². The highest BCUT2D eigenvalue weighted by Crippen LogP contribution is 2.25. The number of rotatable bonds is 0. The minimum Gasteiger partial charge on any atom is -0.302 e. The summed E-state index contributed by atoms with van der Waals surface area (Å²) >= 11 is 0. The van der Waals surface area contributed by atoms with Crippen LogP contribution in [0.25, 0.3) is 0 Å². The molecule has 2 rings (SSSR count). The SMILES string of the molecule is CC1(N)N=C(C(F)(F)F)N=C2N=CN=C21. The number of hydrogen-bond donors (Lipinski definition) is 1. The summed E-state index contributed by atoms with van der Waals surface area (Å²) < 4.78 is 37.1. The van der Waals surface area contributed by atoms with Gasteiger partial charge in [-0.05, 0) is 6.92 Å². The highest BCUT2D eigenvalue weighted by molar-refractivity contribution is 6.51. The fourth-order valence-electron chi connectivity index (χ4n) is 1.22. The molecule has 0 saturated heterocycles. The predicted octanol–water partition coefficient (Wildman–Crippen LogP) is 0.517. The van der Waals surface area contributed by atoms with Crippen molar-refractivity contribution < 1.29 is 13.2 Å². The fraction of sp³-hybridized carbons (Fsp3) is 0.429. The molecule has 1 unspecified atom stereocenters. The number of hydrogen-bond acceptors (Lipinski definition) is 5. The van der Waals surface area contributed by atoms with Gasteiger partial charge < -0.3 is 5.73 Å². The van der Waals surface area contributed by atoms with Crippen LogP contribution in [0.3, 0.4) is 0 Å². The Labute approximate surface area is 82.3 Å². The van der Waals surface area contributed by atoms with E-state index in [4.69, 9.17) is 5.73 Å². The average Bonchev–Trinajstić information content (AvgIpc) is 2.49. The van der Waals surface area contributed by atoms with Gasteiger partial charge in [0.1, 0.15) is 12.1 Å². The van der Waals surface area contributed by atoms with Crippen molar-refractivity contribution in [3.63, 3.8) is 0 Å². The van der Waals surface area contributed by atoms with Crippen LogP contribution in [-0.4, -0.2) is 35.6 Å². The van der Waals surface area contributed by atoms with Gasteiger partial charge in [-0.2, -0.15) is 13.2 Å². The Bertz CT molecular complexity index is 426. The number of aliphatic imine (C=N–C) groups is 4. The van der Waals surface area contributed by atoms with Crippen molar-refractivity contribution in [1.29, 1.82) is 0 Å². The lowest BCUT2D eigenvalue weighted by Gasteiger charge is -2.24. The maximum absolute atomic E-state index is 12.4. The number of alkyl halides is 3. The number of halogens is 3. The van der Waals surface area contributed by atoms with E-state index < -0.39 is 17.7 Å². The Kier molecular flexibility index (Phi) is 1.81. The average molecular weight is 217 g/mol. The summed E-state index contributed by atoms with van der Waals surface area (Å²) in [6, 6.07) is 0. The second kappa shape index (κ2) is 2.72. The van der Waals surface area contributed by atoms with Gasteiger partial charge in [-0.1, -0.05) is 0 Å². The predicted molar refractivity (Wildman–Crippen MR) is 49.4 cm³/mol. The van der Waals surface area contributed by atoms with Crippen molar-refractivity contribution in [2.75, 3.05) is 0 Å². The van der Waals surface area contributed by atoms with Gasteiger partial charge in [0.2, 0.25) is 5.84 Å². The first kappa shape index (κ1) is 9.97. The molecule has 0 spiro atoms. The molecule has 2 aliphatic heterocycles. The van der Waals surface area contributed by atoms with E-state index in [1.807, 2.05) is 0 Å². The zero-order valence-corrected chi connectivity index (χ0v) is 7.58. The summed E-state index contributed by atoms with van der Waals surface area (Å²) in [7, 11) is 0. The topological polar surface area (TPSA) is 75.5 Å². The molecular weight excluding hydrogens is 211 g/mol. The molecule has 1 atom stereocenters. The first-order valence-electron chi connectivity index (χ1n) is 3.96. The van der Waals surface area contributed by atoms with Gasteiger partial charge in [-0.15, -0.1) is 0 Å². The smallest absolute Gasteiger partial charge is 0.302 e. The van der Waals surface area contributed by atoms with E-state index >= 15 is 0 Å². The molecule has 2 aliphatic rings. The van der Waals surface area contributed by atoms with Crippen LogP contribution in [0.2, 0.25) is 0 Å². The molecule has 15 heavy (non-hydrogen) atoms. The van der Waals surface area contributed by atoms with Gasteiger partial charge in [0, 0.05) is 0 Å². The number of nitrogens with zero attached hydrogens (tertiary/aromatic N) is 4. The number of amidine groups is 2. The molecule has 2 N–H and O–H groups in total. The van der Waals surface area contributed by atoms with Crippen molar-refractivity contribution in [3.05, 3.63) is 0 Å². The van der Waals surface area contributed by atoms with Gasteiger partial charge in [-0.3, -0.25) is 0 Å². The minimum atomic E-state index is -4.63. The van der Waals surface area contributed by atoms with Crippen LogP contribution in [-0.2, 0) is 0 Å². The third-order valence-corrected chi connectivity index (χ3v) is 1.86. The summed E-state index contributed by atoms with van der Waals surface area (Å²) in [4.78, 5) is 13.8. The van der Waals surface area contributed by atoms with E-state index in [1.54, 1.807) is 0 Å². The summed E-state index contributed by atoms with van der Waals surface area (Å²) in [5.41, 5.74) is 4.19. The Balaban J connectivity index is 2.51. The monoisotopic (exact) mass is 217 g/mol. The second-order valence-corrected chi connectivity index (χ2v) is 3.24. The van der Waals surface area contributed by atoms with E-state index in [0.717, 1.165) is 6.34 Å². The lowest BCUT2D eigenvalue weighted by molar-refractivity contribution is -0.0602. The molecule has 0 aromatic rings. The lowest BCUT2D eigenvalue weighted by atomic mass is 10.1. The van der Waals surface area contributed by atoms with Crippen molar-refractivity contribution >= 4 is 23.7 Å². The second-order valence-electron chi connectivity index (χ2n) is 3.24. The van der Waals surface area contributed by atoms with Crippen LogP contribution in [0.15, 0.2) is 20.0 Å². The third-order valence-electron chi connectivity index (χ3n) is 1.86. The molecule has 0 aliphatic carbocycles. The van der Waals surface area contributed by atoms with E-state index in [1.165, 1.54) is 6.92 Å². The summed E-state index contributed by atoms with van der Waals surface area (Å²) in [5, 5.41) is 0. The van der Waals surface area contributed by atoms with Crippen LogP contribution in [0.5, 0.6) is 0 Å². The minimum absolute atomic E-state index is 0.123. The number of nitrogens with two attached hydrogens (primary N) is 1. The highest BCUT2D eigenvalue weighted by atomic mass is 19.4. The maximum atomic E-state index is 12.4. The standard InChI is InChI=1S/C7H6F3N5/c1-6(11)3-4(13-2-12-3)14-5(15-6)7(8,9)10/h2H,11H2,1H3. The summed E-state index contributed by atoms with van der Waals surface area (Å²) in [6.45, 7) is 1.32. The highest BCUT2D eigenvalue weighted by Gasteiger charge is 2.44. The zero-order chi connectivity index (χ0) is 11.3. The van der Waals surface area contributed by atoms with Crippen LogP contribution in [0.1, 0.15) is 6.92 Å². The molecule has 0 aromatic carbocycles. The molecule has 5 nitrogen and oxygen atoms in total. The van der Waals surface area contributed by atoms with Gasteiger partial charge in [0.15, 0.2) is 11.5 Å². The Morgan fingerprint density at radius 2 is 2.07 bits per heavy atom. The molecule has 0 bridgehead atoms. The maximum Gasteiger partial charge on any atom is 0.451 e. The van der Waals surface area contributed by atoms with Crippen molar-refractivity contribution in [2.24, 2.45) is 25.7 Å². The summed E-state index contributed by atoms with van der Waals surface area (Å²) in [6.07, 6.45) is -3.52. The van der Waals surface area contributed by atoms with Crippen LogP contribution >= 0.6 is 0 Å². The van der Waals surface area contributed by atoms with Gasteiger partial charge in [-0.25, -0.2) is 20.0 Å². The Morgan fingerprint density at radius 3 is 2.67 bits per heavy atom. The van der Waals surface area contributed by atoms with Crippen LogP contribution in [0.4, 0.5) is 13.2 Å². The fourth-order valence-corrected chi connectivity index (χ4v) is 1.22. The molecule has 0 fully saturated rings. The zero-order valence-electron chi connectivity index (χ0n) is 7.58. The Morgan fingerprint density at radius 1 is 1.40 bits per heavy atom. The van der Waals surface area contributed by atoms with Crippen molar-refractivity contribution in [3.8, 4) is 0 Å². The first-order chi connectivity index (χ1) is 6.81. The van der Waals surface area contributed by atoms with E-state index in [2.05, 4.69) is 20.0 Å². The quantitative estimate of drug-likeness (QED) is 0.630. The third kappa shape index (κ3) is 1.56. The van der Waals surface area contributed by atoms with E-state index in [-0.39, 0.29) is 11.5 Å². The van der Waals surface area contributed by atoms with Crippen LogP contribution < -0.4 is 5.73 Å². The van der Waals surface area contributed by atoms with Crippen molar-refractivity contribution in [2.45, 2.75) is 18.8 Å². The molecule has 0 radical (unpaired) electrons. The van der Waals surface area contributed by atoms with Gasteiger partial charge >= 0.3 is 6.18 Å². The van der Waals surface area contributed by atoms with Gasteiger partial charge in [0.05, 0.1) is 0 Å². The normalized spacial score (nSPS) is 29.5. The van der Waals surface area contributed by atoms with Gasteiger partial charge in [0.25, 0.3) is 0 Å². The molecule has 0 saturated carbocycles. The Hall–Kier alpha value is -1.57. The van der Waals surface area contributed by atoms with E-state index in [9.17, 15) is 13.2 Å². The molecule has 0 amide bonds. The molecule has 0 aromatic heterocycles.